The van der Waals surface area contributed by atoms with Crippen molar-refractivity contribution in [2.45, 2.75) is 31.2 Å². The molecule has 316 valence electrons. The van der Waals surface area contributed by atoms with Gasteiger partial charge in [-0.15, -0.1) is 0 Å². The zero-order valence-corrected chi connectivity index (χ0v) is 28.8. The summed E-state index contributed by atoms with van der Waals surface area (Å²) in [6, 6.07) is 0. The molecule has 0 heterocycles. The van der Waals surface area contributed by atoms with Crippen LogP contribution in [0.4, 0.5) is 92.2 Å². The molecule has 56 heavy (non-hydrogen) atoms. The summed E-state index contributed by atoms with van der Waals surface area (Å²) >= 11 is 0. The molecule has 0 saturated carbocycles. The van der Waals surface area contributed by atoms with Gasteiger partial charge in [-0.25, -0.2) is 73.2 Å². The first-order valence-corrected chi connectivity index (χ1v) is 17.9. The quantitative estimate of drug-likeness (QED) is 0.129. The fourth-order valence-corrected chi connectivity index (χ4v) is 10.3. The number of benzene rings is 2. The van der Waals surface area contributed by atoms with Gasteiger partial charge in [-0.3, -0.25) is 6.58 Å². The van der Waals surface area contributed by atoms with Crippen LogP contribution in [0.1, 0.15) is 25.9 Å². The second-order valence-corrected chi connectivity index (χ2v) is 17.6. The molecule has 0 amide bonds. The van der Waals surface area contributed by atoms with Crippen molar-refractivity contribution in [3.63, 3.8) is 0 Å². The van der Waals surface area contributed by atoms with Crippen LogP contribution in [0, 0.1) is 58.9 Å². The van der Waals surface area contributed by atoms with Gasteiger partial charge in [0.2, 0.25) is 15.0 Å². The molecule has 0 aliphatic carbocycles. The van der Waals surface area contributed by atoms with E-state index in [2.05, 4.69) is 19.7 Å². The van der Waals surface area contributed by atoms with E-state index < -0.39 is 140 Å². The van der Waals surface area contributed by atoms with Gasteiger partial charge in [-0.2, -0.15) is 52.7 Å². The van der Waals surface area contributed by atoms with Crippen molar-refractivity contribution >= 4 is 45.4 Å². The molecule has 8 nitrogen and oxygen atoms in total. The topological polar surface area (TPSA) is 137 Å². The van der Waals surface area contributed by atoms with E-state index in [1.165, 1.54) is 0 Å². The van der Waals surface area contributed by atoms with Crippen LogP contribution in [-0.4, -0.2) is 55.7 Å². The third kappa shape index (κ3) is 9.58. The van der Waals surface area contributed by atoms with Crippen LogP contribution >= 0.6 is 0 Å². The molecule has 0 radical (unpaired) electrons. The standard InChI is InChI=1S/C11H4F10O4S2.C9HF11O4S2.C2H3.Li/c1-2-3-5(12)7(14)4(8(15)6(3)13)9(26(22,23)10(16,17)18)27(24,25)11(19,20)21;10-2-1(3(11)5(13)6(14)4(2)12)7(25(21,22)8(15,16)17)26(23,24)9(18,19)20;1-2;/h2,9H,1H2;7H;1H,2H2;/q;;-1;+1. The summed E-state index contributed by atoms with van der Waals surface area (Å²) < 4.78 is 351. The van der Waals surface area contributed by atoms with Crippen molar-refractivity contribution < 1.29 is 145 Å². The van der Waals surface area contributed by atoms with E-state index in [1.807, 2.05) is 0 Å². The van der Waals surface area contributed by atoms with Crippen LogP contribution in [0.15, 0.2) is 13.2 Å². The third-order valence-corrected chi connectivity index (χ3v) is 14.5. The molecule has 0 saturated heterocycles. The zero-order valence-electron chi connectivity index (χ0n) is 25.6. The second kappa shape index (κ2) is 17.4. The van der Waals surface area contributed by atoms with Crippen LogP contribution in [0.2, 0.25) is 0 Å². The van der Waals surface area contributed by atoms with E-state index in [0.29, 0.717) is 0 Å². The molecule has 2 aromatic carbocycles. The number of hydrogen-bond donors (Lipinski definition) is 0. The summed E-state index contributed by atoms with van der Waals surface area (Å²) in [4.78, 5) is 0. The molecule has 0 aliphatic heterocycles. The normalized spacial score (nSPS) is 13.3. The van der Waals surface area contributed by atoms with Crippen LogP contribution < -0.4 is 18.9 Å². The van der Waals surface area contributed by atoms with Crippen LogP contribution in [-0.2, 0) is 39.3 Å². The third-order valence-electron chi connectivity index (χ3n) is 5.67. The first kappa shape index (κ1) is 54.9. The molecule has 34 heteroatoms. The Morgan fingerprint density at radius 3 is 0.714 bits per heavy atom. The van der Waals surface area contributed by atoms with Crippen molar-refractivity contribution in [2.75, 3.05) is 0 Å². The average molecular weight is 934 g/mol. The Balaban J connectivity index is 0. The van der Waals surface area contributed by atoms with Gasteiger partial charge in [0.15, 0.2) is 46.5 Å². The van der Waals surface area contributed by atoms with Gasteiger partial charge in [0, 0.05) is 0 Å². The van der Waals surface area contributed by atoms with Crippen LogP contribution in [0.5, 0.6) is 0 Å². The van der Waals surface area contributed by atoms with Crippen molar-refractivity contribution in [1.29, 1.82) is 0 Å². The van der Waals surface area contributed by atoms with Gasteiger partial charge >= 0.3 is 40.9 Å². The molecule has 0 spiro atoms. The monoisotopic (exact) mass is 934 g/mol. The molecule has 0 N–H and O–H groups in total. The minimum absolute atomic E-state index is 0. The number of hydrogen-bond acceptors (Lipinski definition) is 8. The van der Waals surface area contributed by atoms with E-state index in [-0.39, 0.29) is 24.9 Å². The van der Waals surface area contributed by atoms with Crippen LogP contribution in [0.25, 0.3) is 6.08 Å². The Morgan fingerprint density at radius 1 is 0.393 bits per heavy atom. The molecule has 0 fully saturated rings. The smallest absolute Gasteiger partial charge is 0.521 e. The molecule has 2 aromatic rings. The first-order chi connectivity index (χ1) is 24.1. The summed E-state index contributed by atoms with van der Waals surface area (Å²) in [7, 11) is -30.5. The van der Waals surface area contributed by atoms with Crippen molar-refractivity contribution in [3.8, 4) is 0 Å². The molecule has 0 aromatic heterocycles. The summed E-state index contributed by atoms with van der Waals surface area (Å²) in [5.74, 6) is -27.9. The van der Waals surface area contributed by atoms with Gasteiger partial charge in [0.25, 0.3) is 39.3 Å². The maximum absolute atomic E-state index is 13.9. The van der Waals surface area contributed by atoms with Gasteiger partial charge in [-0.1, -0.05) is 12.7 Å². The molecular formula is C22H8F21LiO8S4. The van der Waals surface area contributed by atoms with Crippen molar-refractivity contribution in [3.05, 3.63) is 88.8 Å². The predicted molar refractivity (Wildman–Crippen MR) is 138 cm³/mol. The fourth-order valence-electron chi connectivity index (χ4n) is 3.32. The van der Waals surface area contributed by atoms with E-state index in [9.17, 15) is 126 Å². The second-order valence-electron chi connectivity index (χ2n) is 8.90. The van der Waals surface area contributed by atoms with Crippen molar-refractivity contribution in [1.82, 2.24) is 0 Å². The summed E-state index contributed by atoms with van der Waals surface area (Å²) in [6.07, 6.45) is 0.0616. The summed E-state index contributed by atoms with van der Waals surface area (Å²) in [6.45, 7) is 9.68. The number of alkyl halides is 12. The maximum Gasteiger partial charge on any atom is 1.00 e. The fraction of sp³-hybridized carbons (Fsp3) is 0.273. The van der Waals surface area contributed by atoms with Gasteiger partial charge in [0.1, 0.15) is 0 Å². The van der Waals surface area contributed by atoms with Gasteiger partial charge in [0.05, 0.1) is 16.7 Å². The number of sulfone groups is 4. The molecule has 0 unspecified atom stereocenters. The van der Waals surface area contributed by atoms with Crippen molar-refractivity contribution in [2.24, 2.45) is 0 Å². The summed E-state index contributed by atoms with van der Waals surface area (Å²) in [5.41, 5.74) is -35.5. The van der Waals surface area contributed by atoms with E-state index in [0.717, 1.165) is 0 Å². The predicted octanol–water partition coefficient (Wildman–Crippen LogP) is 4.61. The zero-order chi connectivity index (χ0) is 44.8. The summed E-state index contributed by atoms with van der Waals surface area (Å²) in [5, 5.41) is 0. The van der Waals surface area contributed by atoms with Gasteiger partial charge < -0.3 is 6.58 Å². The SMILES string of the molecule is C=Cc1c(F)c(F)c(C(S(=O)(=O)C(F)(F)F)S(=O)(=O)C(F)(F)F)c(F)c1F.O=S(=O)(C(c1c(F)c(F)c(F)c(F)c1F)S(=O)(=O)C(F)(F)F)C(F)(F)F.[CH-]=C.[Li+]. The Bertz CT molecular complexity index is 2140. The molecular weight excluding hydrogens is 926 g/mol. The Kier molecular flexibility index (Phi) is 17.0. The van der Waals surface area contributed by atoms with Gasteiger partial charge in [-0.05, 0) is 0 Å². The maximum atomic E-state index is 13.9. The largest absolute Gasteiger partial charge is 1.00 e. The Morgan fingerprint density at radius 2 is 0.554 bits per heavy atom. The minimum atomic E-state index is -7.67. The van der Waals surface area contributed by atoms with E-state index >= 15 is 0 Å². The minimum Gasteiger partial charge on any atom is -0.521 e. The Hall–Kier alpha value is -3.15. The molecule has 0 aliphatic rings. The number of halogens is 21. The van der Waals surface area contributed by atoms with Crippen LogP contribution in [0.3, 0.4) is 0 Å². The Labute approximate surface area is 309 Å². The molecule has 0 bridgehead atoms. The average Bonchev–Trinajstić information content (AvgIpc) is 3.01. The molecule has 0 atom stereocenters. The number of rotatable bonds is 7. The first-order valence-electron chi connectivity index (χ1n) is 11.7. The van der Waals surface area contributed by atoms with E-state index in [4.69, 9.17) is 0 Å². The van der Waals surface area contributed by atoms with E-state index in [1.54, 1.807) is 0 Å². The molecule has 2 rings (SSSR count).